The molecular formula is C28H44O7. The highest BCUT2D eigenvalue weighted by molar-refractivity contribution is 5.89. The van der Waals surface area contributed by atoms with E-state index in [2.05, 4.69) is 13.8 Å². The number of rotatable bonds is 10. The third kappa shape index (κ3) is 6.08. The van der Waals surface area contributed by atoms with Crippen LogP contribution in [0.4, 0.5) is 0 Å². The van der Waals surface area contributed by atoms with Crippen molar-refractivity contribution in [2.75, 3.05) is 34.2 Å². The molecule has 1 aromatic carbocycles. The number of benzene rings is 1. The van der Waals surface area contributed by atoms with Crippen molar-refractivity contribution in [3.8, 4) is 5.75 Å². The predicted octanol–water partition coefficient (Wildman–Crippen LogP) is 4.53. The van der Waals surface area contributed by atoms with Crippen LogP contribution in [0.15, 0.2) is 24.3 Å². The van der Waals surface area contributed by atoms with Gasteiger partial charge in [-0.05, 0) is 54.7 Å². The highest BCUT2D eigenvalue weighted by Gasteiger charge is 2.60. The SMILES string of the molecule is COCCOCO[C@@H]1[C@H](OCc2ccc(OC)cc2)[C@H]2CCC(=O)[C@@](O)(CCCC1(C)C)C2(C)C. The summed E-state index contributed by atoms with van der Waals surface area (Å²) in [7, 11) is 3.29. The standard InChI is InChI=1S/C28H44O7/c1-26(2)14-7-15-28(30)23(29)13-12-22(27(28,3)4)24(25(26)35-19-33-17-16-31-5)34-18-20-8-10-21(32-6)11-9-20/h8-11,22,24-25,30H,7,12-19H2,1-6H3/t22-,24-,25-,28+/m1/s1. The van der Waals surface area contributed by atoms with Gasteiger partial charge in [0, 0.05) is 18.9 Å². The Morgan fingerprint density at radius 1 is 1.00 bits per heavy atom. The van der Waals surface area contributed by atoms with Crippen molar-refractivity contribution in [1.29, 1.82) is 0 Å². The van der Waals surface area contributed by atoms with Gasteiger partial charge >= 0.3 is 0 Å². The zero-order valence-electron chi connectivity index (χ0n) is 22.3. The molecule has 7 heteroatoms. The Kier molecular flexibility index (Phi) is 9.38. The monoisotopic (exact) mass is 492 g/mol. The summed E-state index contributed by atoms with van der Waals surface area (Å²) in [5.74, 6) is 0.682. The zero-order valence-corrected chi connectivity index (χ0v) is 22.3. The van der Waals surface area contributed by atoms with Crippen molar-refractivity contribution in [3.05, 3.63) is 29.8 Å². The maximum absolute atomic E-state index is 13.0. The Bertz CT molecular complexity index is 819. The maximum Gasteiger partial charge on any atom is 0.164 e. The summed E-state index contributed by atoms with van der Waals surface area (Å²) in [5, 5.41) is 11.7. The number of hydrogen-bond acceptors (Lipinski definition) is 7. The second-order valence-electron chi connectivity index (χ2n) is 11.2. The van der Waals surface area contributed by atoms with Gasteiger partial charge in [0.25, 0.3) is 0 Å². The molecule has 198 valence electrons. The number of Topliss-reactive ketones (excluding diaryl/α,β-unsaturated/α-hetero) is 1. The summed E-state index contributed by atoms with van der Waals surface area (Å²) in [5.41, 5.74) is -1.25. The Balaban J connectivity index is 1.93. The predicted molar refractivity (Wildman–Crippen MR) is 133 cm³/mol. The number of ether oxygens (including phenoxy) is 5. The summed E-state index contributed by atoms with van der Waals surface area (Å²) >= 11 is 0. The van der Waals surface area contributed by atoms with E-state index in [9.17, 15) is 9.90 Å². The first-order valence-corrected chi connectivity index (χ1v) is 12.8. The van der Waals surface area contributed by atoms with Gasteiger partial charge in [0.15, 0.2) is 5.78 Å². The first-order chi connectivity index (χ1) is 16.6. The van der Waals surface area contributed by atoms with Gasteiger partial charge in [-0.2, -0.15) is 0 Å². The van der Waals surface area contributed by atoms with Gasteiger partial charge in [-0.15, -0.1) is 0 Å². The highest BCUT2D eigenvalue weighted by atomic mass is 16.7. The number of carbonyl (C=O) groups excluding carboxylic acids is 1. The van der Waals surface area contributed by atoms with E-state index in [1.807, 2.05) is 38.1 Å². The molecule has 35 heavy (non-hydrogen) atoms. The van der Waals surface area contributed by atoms with E-state index in [-0.39, 0.29) is 36.1 Å². The van der Waals surface area contributed by atoms with Crippen LogP contribution in [-0.4, -0.2) is 62.9 Å². The molecule has 2 bridgehead atoms. The van der Waals surface area contributed by atoms with Gasteiger partial charge in [0.05, 0.1) is 39.1 Å². The lowest BCUT2D eigenvalue weighted by atomic mass is 9.55. The van der Waals surface area contributed by atoms with Crippen molar-refractivity contribution in [1.82, 2.24) is 0 Å². The van der Waals surface area contributed by atoms with Gasteiger partial charge in [-0.1, -0.05) is 39.8 Å². The normalized spacial score (nSPS) is 30.3. The number of methoxy groups -OCH3 is 2. The fourth-order valence-corrected chi connectivity index (χ4v) is 5.92. The molecule has 1 aromatic rings. The van der Waals surface area contributed by atoms with E-state index >= 15 is 0 Å². The minimum atomic E-state index is -1.36. The fourth-order valence-electron chi connectivity index (χ4n) is 5.92. The molecule has 0 unspecified atom stereocenters. The zero-order chi connectivity index (χ0) is 25.7. The summed E-state index contributed by atoms with van der Waals surface area (Å²) in [6.07, 6.45) is 2.40. The minimum Gasteiger partial charge on any atom is -0.497 e. The van der Waals surface area contributed by atoms with Crippen LogP contribution >= 0.6 is 0 Å². The summed E-state index contributed by atoms with van der Waals surface area (Å²) in [6, 6.07) is 7.83. The topological polar surface area (TPSA) is 83.5 Å². The van der Waals surface area contributed by atoms with Crippen molar-refractivity contribution in [3.63, 3.8) is 0 Å². The van der Waals surface area contributed by atoms with Gasteiger partial charge in [-0.3, -0.25) is 4.79 Å². The molecule has 1 N–H and O–H groups in total. The van der Waals surface area contributed by atoms with Crippen LogP contribution in [-0.2, 0) is 30.3 Å². The lowest BCUT2D eigenvalue weighted by Crippen LogP contribution is -2.62. The Hall–Kier alpha value is -1.51. The second kappa shape index (κ2) is 11.7. The van der Waals surface area contributed by atoms with Gasteiger partial charge in [-0.25, -0.2) is 0 Å². The van der Waals surface area contributed by atoms with E-state index < -0.39 is 11.0 Å². The van der Waals surface area contributed by atoms with Gasteiger partial charge in [0.2, 0.25) is 0 Å². The average Bonchev–Trinajstić information content (AvgIpc) is 2.83. The molecule has 7 nitrogen and oxygen atoms in total. The molecule has 0 amide bonds. The molecule has 4 atom stereocenters. The van der Waals surface area contributed by atoms with Crippen LogP contribution in [0, 0.1) is 16.7 Å². The van der Waals surface area contributed by atoms with Gasteiger partial charge < -0.3 is 28.8 Å². The largest absolute Gasteiger partial charge is 0.497 e. The third-order valence-electron chi connectivity index (χ3n) is 8.33. The van der Waals surface area contributed by atoms with E-state index in [1.165, 1.54) is 0 Å². The fraction of sp³-hybridized carbons (Fsp3) is 0.750. The first kappa shape index (κ1) is 28.1. The molecule has 0 radical (unpaired) electrons. The van der Waals surface area contributed by atoms with Crippen LogP contribution in [0.3, 0.4) is 0 Å². The molecule has 2 saturated carbocycles. The van der Waals surface area contributed by atoms with Crippen molar-refractivity contribution < 1.29 is 33.6 Å². The van der Waals surface area contributed by atoms with E-state index in [4.69, 9.17) is 23.7 Å². The molecule has 2 aliphatic carbocycles. The number of ketones is 1. The van der Waals surface area contributed by atoms with Crippen LogP contribution in [0.1, 0.15) is 65.4 Å². The average molecular weight is 493 g/mol. The second-order valence-corrected chi connectivity index (χ2v) is 11.2. The molecule has 2 aliphatic rings. The first-order valence-electron chi connectivity index (χ1n) is 12.8. The van der Waals surface area contributed by atoms with E-state index in [0.29, 0.717) is 39.1 Å². The highest BCUT2D eigenvalue weighted by Crippen LogP contribution is 2.54. The van der Waals surface area contributed by atoms with Crippen LogP contribution in [0.5, 0.6) is 5.75 Å². The van der Waals surface area contributed by atoms with Crippen molar-refractivity contribution in [2.45, 2.75) is 84.2 Å². The lowest BCUT2D eigenvalue weighted by Gasteiger charge is -2.53. The Morgan fingerprint density at radius 2 is 1.71 bits per heavy atom. The quantitative estimate of drug-likeness (QED) is 0.379. The number of fused-ring (bicyclic) bond motifs is 2. The van der Waals surface area contributed by atoms with E-state index in [1.54, 1.807) is 14.2 Å². The van der Waals surface area contributed by atoms with Crippen molar-refractivity contribution >= 4 is 5.78 Å². The molecule has 2 fully saturated rings. The third-order valence-corrected chi connectivity index (χ3v) is 8.33. The van der Waals surface area contributed by atoms with Crippen LogP contribution < -0.4 is 4.74 Å². The van der Waals surface area contributed by atoms with Gasteiger partial charge in [0.1, 0.15) is 18.1 Å². The molecule has 0 aliphatic heterocycles. The van der Waals surface area contributed by atoms with Crippen LogP contribution in [0.25, 0.3) is 0 Å². The number of carbonyl (C=O) groups is 1. The number of hydrogen-bond donors (Lipinski definition) is 1. The Labute approximate surface area is 210 Å². The van der Waals surface area contributed by atoms with Crippen LogP contribution in [0.2, 0.25) is 0 Å². The molecule has 0 aromatic heterocycles. The smallest absolute Gasteiger partial charge is 0.164 e. The molecule has 0 spiro atoms. The summed E-state index contributed by atoms with van der Waals surface area (Å²) < 4.78 is 29.2. The number of aliphatic hydroxyl groups is 1. The maximum atomic E-state index is 13.0. The lowest BCUT2D eigenvalue weighted by molar-refractivity contribution is -0.218. The summed E-state index contributed by atoms with van der Waals surface area (Å²) in [4.78, 5) is 13.0. The van der Waals surface area contributed by atoms with E-state index in [0.717, 1.165) is 24.2 Å². The van der Waals surface area contributed by atoms with Crippen molar-refractivity contribution in [2.24, 2.45) is 16.7 Å². The minimum absolute atomic E-state index is 0.0484. The molecule has 0 heterocycles. The molecular weight excluding hydrogens is 448 g/mol. The summed E-state index contributed by atoms with van der Waals surface area (Å²) in [6.45, 7) is 9.88. The Morgan fingerprint density at radius 3 is 2.37 bits per heavy atom. The molecule has 3 rings (SSSR count). The molecule has 0 saturated heterocycles.